The molecule has 1 heterocycles. The van der Waals surface area contributed by atoms with Gasteiger partial charge in [-0.15, -0.1) is 11.8 Å². The molecule has 2 rings (SSSR count). The van der Waals surface area contributed by atoms with Crippen molar-refractivity contribution in [3.63, 3.8) is 0 Å². The van der Waals surface area contributed by atoms with Gasteiger partial charge in [-0.1, -0.05) is 11.6 Å². The lowest BCUT2D eigenvalue weighted by Gasteiger charge is -2.12. The fourth-order valence-corrected chi connectivity index (χ4v) is 2.59. The molecule has 1 aromatic heterocycles. The van der Waals surface area contributed by atoms with E-state index in [1.54, 1.807) is 19.3 Å². The lowest BCUT2D eigenvalue weighted by Crippen LogP contribution is -2.22. The predicted molar refractivity (Wildman–Crippen MR) is 86.2 cm³/mol. The Morgan fingerprint density at radius 1 is 1.50 bits per heavy atom. The molecule has 1 N–H and O–H groups in total. The number of non-ortho nitro benzene ring substituents is 1. The van der Waals surface area contributed by atoms with Crippen LogP contribution in [0.15, 0.2) is 41.0 Å². The van der Waals surface area contributed by atoms with Gasteiger partial charge in [-0.2, -0.15) is 0 Å². The third kappa shape index (κ3) is 4.25. The monoisotopic (exact) mass is 340 g/mol. The van der Waals surface area contributed by atoms with Crippen LogP contribution in [0.4, 0.5) is 11.4 Å². The molecule has 0 fully saturated rings. The third-order valence-corrected chi connectivity index (χ3v) is 4.34. The number of nitro benzene ring substituents is 1. The number of anilines is 1. The second kappa shape index (κ2) is 7.33. The van der Waals surface area contributed by atoms with E-state index < -0.39 is 4.92 Å². The Morgan fingerprint density at radius 2 is 2.27 bits per heavy atom. The molecule has 1 amide bonds. The number of nitro groups is 1. The number of halogens is 1. The van der Waals surface area contributed by atoms with Crippen molar-refractivity contribution in [1.29, 1.82) is 0 Å². The standard InChI is InChI=1S/C14H13ClN2O4S/c1-9(22-8-11-3-2-6-21-11)14(18)16-13-7-10(17(19)20)4-5-12(13)15/h2-7,9H,8H2,1H3,(H,16,18). The molecule has 0 bridgehead atoms. The van der Waals surface area contributed by atoms with Crippen LogP contribution < -0.4 is 5.32 Å². The van der Waals surface area contributed by atoms with Crippen molar-refractivity contribution >= 4 is 40.6 Å². The number of benzene rings is 1. The van der Waals surface area contributed by atoms with Gasteiger partial charge in [-0.3, -0.25) is 14.9 Å². The number of nitrogens with zero attached hydrogens (tertiary/aromatic N) is 1. The topological polar surface area (TPSA) is 85.4 Å². The molecule has 6 nitrogen and oxygen atoms in total. The van der Waals surface area contributed by atoms with Gasteiger partial charge in [0.05, 0.1) is 32.9 Å². The lowest BCUT2D eigenvalue weighted by atomic mass is 10.2. The summed E-state index contributed by atoms with van der Waals surface area (Å²) in [5.74, 6) is 1.06. The normalized spacial score (nSPS) is 11.9. The molecule has 0 radical (unpaired) electrons. The summed E-state index contributed by atoms with van der Waals surface area (Å²) < 4.78 is 5.19. The van der Waals surface area contributed by atoms with E-state index in [2.05, 4.69) is 5.32 Å². The van der Waals surface area contributed by atoms with Gasteiger partial charge in [-0.05, 0) is 25.1 Å². The number of nitrogens with one attached hydrogen (secondary N) is 1. The summed E-state index contributed by atoms with van der Waals surface area (Å²) in [6, 6.07) is 7.52. The molecular weight excluding hydrogens is 328 g/mol. The van der Waals surface area contributed by atoms with E-state index >= 15 is 0 Å². The Labute approximate surface area is 136 Å². The van der Waals surface area contributed by atoms with E-state index in [9.17, 15) is 14.9 Å². The van der Waals surface area contributed by atoms with Crippen molar-refractivity contribution in [3.05, 3.63) is 57.5 Å². The summed E-state index contributed by atoms with van der Waals surface area (Å²) in [6.07, 6.45) is 1.57. The number of hydrogen-bond donors (Lipinski definition) is 1. The van der Waals surface area contributed by atoms with Crippen LogP contribution in [0.2, 0.25) is 5.02 Å². The van der Waals surface area contributed by atoms with Gasteiger partial charge in [0.2, 0.25) is 5.91 Å². The fraction of sp³-hybridized carbons (Fsp3) is 0.214. The Bertz CT molecular complexity index is 675. The molecule has 0 aliphatic rings. The van der Waals surface area contributed by atoms with Crippen molar-refractivity contribution in [2.24, 2.45) is 0 Å². The molecule has 1 aromatic carbocycles. The second-order valence-electron chi connectivity index (χ2n) is 4.44. The number of rotatable bonds is 6. The predicted octanol–water partition coefficient (Wildman–Crippen LogP) is 4.10. The molecule has 0 aliphatic heterocycles. The summed E-state index contributed by atoms with van der Waals surface area (Å²) >= 11 is 7.34. The molecular formula is C14H13ClN2O4S. The summed E-state index contributed by atoms with van der Waals surface area (Å²) in [7, 11) is 0. The smallest absolute Gasteiger partial charge is 0.271 e. The van der Waals surface area contributed by atoms with Crippen LogP contribution in [0.3, 0.4) is 0 Å². The first kappa shape index (κ1) is 16.4. The molecule has 0 saturated heterocycles. The van der Waals surface area contributed by atoms with Gasteiger partial charge in [0.1, 0.15) is 5.76 Å². The molecule has 22 heavy (non-hydrogen) atoms. The average Bonchev–Trinajstić information content (AvgIpc) is 3.00. The van der Waals surface area contributed by atoms with Crippen LogP contribution in [-0.2, 0) is 10.5 Å². The number of furan rings is 1. The summed E-state index contributed by atoms with van der Waals surface area (Å²) in [5.41, 5.74) is 0.0990. The number of carbonyl (C=O) groups is 1. The van der Waals surface area contributed by atoms with E-state index in [0.29, 0.717) is 5.75 Å². The van der Waals surface area contributed by atoms with E-state index in [1.807, 2.05) is 6.07 Å². The molecule has 2 aromatic rings. The van der Waals surface area contributed by atoms with Crippen LogP contribution >= 0.6 is 23.4 Å². The van der Waals surface area contributed by atoms with Crippen LogP contribution in [-0.4, -0.2) is 16.1 Å². The second-order valence-corrected chi connectivity index (χ2v) is 6.18. The average molecular weight is 341 g/mol. The first-order chi connectivity index (χ1) is 10.5. The van der Waals surface area contributed by atoms with Gasteiger partial charge in [0.15, 0.2) is 0 Å². The van der Waals surface area contributed by atoms with Gasteiger partial charge in [-0.25, -0.2) is 0 Å². The summed E-state index contributed by atoms with van der Waals surface area (Å²) in [4.78, 5) is 22.3. The van der Waals surface area contributed by atoms with Gasteiger partial charge >= 0.3 is 0 Å². The first-order valence-electron chi connectivity index (χ1n) is 6.36. The van der Waals surface area contributed by atoms with Crippen molar-refractivity contribution in [2.75, 3.05) is 5.32 Å². The number of amides is 1. The van der Waals surface area contributed by atoms with Crippen LogP contribution in [0.5, 0.6) is 0 Å². The Kier molecular flexibility index (Phi) is 5.46. The van der Waals surface area contributed by atoms with Crippen molar-refractivity contribution in [2.45, 2.75) is 17.9 Å². The molecule has 1 atom stereocenters. The Balaban J connectivity index is 1.98. The zero-order valence-electron chi connectivity index (χ0n) is 11.6. The highest BCUT2D eigenvalue weighted by Gasteiger charge is 2.17. The number of thioether (sulfide) groups is 1. The molecule has 0 aliphatic carbocycles. The summed E-state index contributed by atoms with van der Waals surface area (Å²) in [6.45, 7) is 1.74. The van der Waals surface area contributed by atoms with Crippen molar-refractivity contribution in [3.8, 4) is 0 Å². The minimum Gasteiger partial charge on any atom is -0.468 e. The van der Waals surface area contributed by atoms with Crippen LogP contribution in [0.25, 0.3) is 0 Å². The lowest BCUT2D eigenvalue weighted by molar-refractivity contribution is -0.384. The van der Waals surface area contributed by atoms with E-state index in [1.165, 1.54) is 30.0 Å². The molecule has 1 unspecified atom stereocenters. The fourth-order valence-electron chi connectivity index (χ4n) is 1.63. The Hall–Kier alpha value is -1.99. The van der Waals surface area contributed by atoms with Gasteiger partial charge in [0, 0.05) is 12.1 Å². The third-order valence-electron chi connectivity index (χ3n) is 2.84. The van der Waals surface area contributed by atoms with Gasteiger partial charge < -0.3 is 9.73 Å². The maximum absolute atomic E-state index is 12.1. The molecule has 8 heteroatoms. The Morgan fingerprint density at radius 3 is 2.91 bits per heavy atom. The highest BCUT2D eigenvalue weighted by atomic mass is 35.5. The first-order valence-corrected chi connectivity index (χ1v) is 7.79. The zero-order chi connectivity index (χ0) is 16.1. The van der Waals surface area contributed by atoms with Crippen LogP contribution in [0, 0.1) is 10.1 Å². The number of carbonyl (C=O) groups excluding carboxylic acids is 1. The van der Waals surface area contributed by atoms with E-state index in [-0.39, 0.29) is 27.6 Å². The minimum atomic E-state index is -0.541. The van der Waals surface area contributed by atoms with E-state index in [0.717, 1.165) is 5.76 Å². The van der Waals surface area contributed by atoms with Crippen molar-refractivity contribution < 1.29 is 14.1 Å². The van der Waals surface area contributed by atoms with Crippen LogP contribution in [0.1, 0.15) is 12.7 Å². The molecule has 0 spiro atoms. The maximum atomic E-state index is 12.1. The molecule has 116 valence electrons. The quantitative estimate of drug-likeness (QED) is 0.632. The van der Waals surface area contributed by atoms with Gasteiger partial charge in [0.25, 0.3) is 5.69 Å². The maximum Gasteiger partial charge on any atom is 0.271 e. The highest BCUT2D eigenvalue weighted by molar-refractivity contribution is 7.99. The number of hydrogen-bond acceptors (Lipinski definition) is 5. The zero-order valence-corrected chi connectivity index (χ0v) is 13.2. The van der Waals surface area contributed by atoms with Crippen molar-refractivity contribution in [1.82, 2.24) is 0 Å². The SMILES string of the molecule is CC(SCc1ccco1)C(=O)Nc1cc([N+](=O)[O-])ccc1Cl. The molecule has 0 saturated carbocycles. The highest BCUT2D eigenvalue weighted by Crippen LogP contribution is 2.28. The largest absolute Gasteiger partial charge is 0.468 e. The summed E-state index contributed by atoms with van der Waals surface area (Å²) in [5, 5.41) is 13.3. The minimum absolute atomic E-state index is 0.129. The van der Waals surface area contributed by atoms with E-state index in [4.69, 9.17) is 16.0 Å².